The van der Waals surface area contributed by atoms with Crippen LogP contribution in [0, 0.1) is 11.3 Å². The molecule has 3 aliphatic heterocycles. The minimum absolute atomic E-state index is 0.0657. The van der Waals surface area contributed by atoms with Gasteiger partial charge in [-0.1, -0.05) is 38.1 Å². The van der Waals surface area contributed by atoms with Crippen molar-refractivity contribution in [2.45, 2.75) is 94.3 Å². The average molecular weight is 429 g/mol. The maximum atomic E-state index is 7.28. The molecule has 1 aromatic rings. The summed E-state index contributed by atoms with van der Waals surface area (Å²) in [5.41, 5.74) is 13.9. The third-order valence-corrected chi connectivity index (χ3v) is 10.4. The first-order valence-corrected chi connectivity index (χ1v) is 12.9. The molecule has 2 bridgehead atoms. The van der Waals surface area contributed by atoms with Gasteiger partial charge >= 0.3 is 0 Å². The zero-order chi connectivity index (χ0) is 21.7. The molecule has 168 valence electrons. The largest absolute Gasteiger partial charge is 0.359 e. The Hall–Kier alpha value is -1.71. The summed E-state index contributed by atoms with van der Waals surface area (Å²) in [6, 6.07) is 7.57. The van der Waals surface area contributed by atoms with E-state index in [1.54, 1.807) is 5.57 Å². The Morgan fingerprint density at radius 3 is 2.97 bits per heavy atom. The van der Waals surface area contributed by atoms with Gasteiger partial charge in [0.15, 0.2) is 0 Å². The minimum atomic E-state index is -0.0769. The van der Waals surface area contributed by atoms with Gasteiger partial charge in [0.1, 0.15) is 0 Å². The molecule has 7 rings (SSSR count). The summed E-state index contributed by atoms with van der Waals surface area (Å²) in [6.07, 6.45) is 16.5. The summed E-state index contributed by atoms with van der Waals surface area (Å²) in [6.45, 7) is 5.78. The monoisotopic (exact) mass is 428 g/mol. The van der Waals surface area contributed by atoms with Gasteiger partial charge in [0, 0.05) is 24.7 Å². The Kier molecular flexibility index (Phi) is 3.98. The van der Waals surface area contributed by atoms with Crippen LogP contribution >= 0.6 is 0 Å². The fraction of sp³-hybridized carbons (Fsp3) is 0.621. The molecule has 3 heteroatoms. The Bertz CT molecular complexity index is 1080. The summed E-state index contributed by atoms with van der Waals surface area (Å²) < 4.78 is 7.28. The van der Waals surface area contributed by atoms with Crippen molar-refractivity contribution in [3.63, 3.8) is 0 Å². The fourth-order valence-electron chi connectivity index (χ4n) is 8.77. The number of allylic oxidation sites excluding steroid dienone is 1. The molecule has 3 heterocycles. The SMILES string of the molecule is C[C@H]1CN=Cc2cc(C3CC[C@@H]4[C@@]3(C)CC=C3C=C5CCC(N)C[C@]56CC[C@@]34O6)ccc21. The molecule has 0 aromatic heterocycles. The van der Waals surface area contributed by atoms with Crippen molar-refractivity contribution in [3.8, 4) is 0 Å². The zero-order valence-electron chi connectivity index (χ0n) is 19.6. The first-order valence-electron chi connectivity index (χ1n) is 12.9. The summed E-state index contributed by atoms with van der Waals surface area (Å²) in [5.74, 6) is 1.72. The minimum Gasteiger partial charge on any atom is -0.359 e. The van der Waals surface area contributed by atoms with Crippen molar-refractivity contribution >= 4 is 6.21 Å². The molecular formula is C29H36N2O. The quantitative estimate of drug-likeness (QED) is 0.615. The van der Waals surface area contributed by atoms with Gasteiger partial charge in [0.05, 0.1) is 11.2 Å². The van der Waals surface area contributed by atoms with E-state index in [4.69, 9.17) is 10.5 Å². The van der Waals surface area contributed by atoms with Crippen molar-refractivity contribution in [2.75, 3.05) is 6.54 Å². The predicted octanol–water partition coefficient (Wildman–Crippen LogP) is 5.79. The molecule has 6 aliphatic rings. The third-order valence-electron chi connectivity index (χ3n) is 10.4. The summed E-state index contributed by atoms with van der Waals surface area (Å²) in [4.78, 5) is 4.62. The van der Waals surface area contributed by atoms with E-state index in [1.165, 1.54) is 47.9 Å². The van der Waals surface area contributed by atoms with Crippen LogP contribution in [0.2, 0.25) is 0 Å². The van der Waals surface area contributed by atoms with E-state index < -0.39 is 0 Å². The van der Waals surface area contributed by atoms with E-state index in [2.05, 4.69) is 55.4 Å². The van der Waals surface area contributed by atoms with Gasteiger partial charge in [0.2, 0.25) is 0 Å². The van der Waals surface area contributed by atoms with Gasteiger partial charge in [0.25, 0.3) is 0 Å². The smallest absolute Gasteiger partial charge is 0.0974 e. The predicted molar refractivity (Wildman–Crippen MR) is 129 cm³/mol. The molecule has 7 atom stereocenters. The van der Waals surface area contributed by atoms with Gasteiger partial charge in [-0.3, -0.25) is 4.99 Å². The Morgan fingerprint density at radius 1 is 1.16 bits per heavy atom. The van der Waals surface area contributed by atoms with Crippen molar-refractivity contribution in [3.05, 3.63) is 58.2 Å². The van der Waals surface area contributed by atoms with E-state index in [0.717, 1.165) is 32.2 Å². The maximum absolute atomic E-state index is 7.28. The molecule has 2 N–H and O–H groups in total. The lowest BCUT2D eigenvalue weighted by molar-refractivity contribution is -0.135. The maximum Gasteiger partial charge on any atom is 0.0974 e. The normalized spacial score (nSPS) is 46.0. The highest BCUT2D eigenvalue weighted by molar-refractivity contribution is 5.83. The molecule has 2 unspecified atom stereocenters. The van der Waals surface area contributed by atoms with E-state index in [0.29, 0.717) is 23.8 Å². The number of nitrogens with two attached hydrogens (primary N) is 1. The molecule has 3 aliphatic carbocycles. The van der Waals surface area contributed by atoms with E-state index in [-0.39, 0.29) is 16.6 Å². The molecule has 3 fully saturated rings. The number of benzene rings is 1. The van der Waals surface area contributed by atoms with Crippen LogP contribution in [-0.2, 0) is 4.74 Å². The zero-order valence-corrected chi connectivity index (χ0v) is 19.6. The molecule has 0 radical (unpaired) electrons. The fourth-order valence-corrected chi connectivity index (χ4v) is 8.77. The van der Waals surface area contributed by atoms with Crippen LogP contribution in [-0.4, -0.2) is 30.0 Å². The average Bonchev–Trinajstić information content (AvgIpc) is 3.29. The third kappa shape index (κ3) is 2.42. The number of fused-ring (bicyclic) bond motifs is 2. The number of aliphatic imine (C=N–C) groups is 1. The highest BCUT2D eigenvalue weighted by Crippen LogP contribution is 2.69. The van der Waals surface area contributed by atoms with Crippen LogP contribution in [0.5, 0.6) is 0 Å². The number of hydrogen-bond donors (Lipinski definition) is 1. The lowest BCUT2D eigenvalue weighted by atomic mass is 9.58. The van der Waals surface area contributed by atoms with Gasteiger partial charge < -0.3 is 10.5 Å². The van der Waals surface area contributed by atoms with E-state index >= 15 is 0 Å². The van der Waals surface area contributed by atoms with E-state index in [9.17, 15) is 0 Å². The summed E-state index contributed by atoms with van der Waals surface area (Å²) in [5, 5.41) is 0. The highest BCUT2D eigenvalue weighted by atomic mass is 16.5. The van der Waals surface area contributed by atoms with Crippen molar-refractivity contribution in [1.29, 1.82) is 0 Å². The Balaban J connectivity index is 1.28. The van der Waals surface area contributed by atoms with Crippen molar-refractivity contribution in [1.82, 2.24) is 0 Å². The van der Waals surface area contributed by atoms with Gasteiger partial charge in [-0.2, -0.15) is 0 Å². The van der Waals surface area contributed by atoms with Gasteiger partial charge in [-0.25, -0.2) is 0 Å². The van der Waals surface area contributed by atoms with Crippen LogP contribution in [0.15, 0.2) is 46.5 Å². The lowest BCUT2D eigenvalue weighted by Crippen LogP contribution is -2.54. The molecule has 3 nitrogen and oxygen atoms in total. The first-order chi connectivity index (χ1) is 15.4. The molecule has 0 amide bonds. The second kappa shape index (κ2) is 6.45. The second-order valence-electron chi connectivity index (χ2n) is 12.0. The summed E-state index contributed by atoms with van der Waals surface area (Å²) >= 11 is 0. The molecule has 32 heavy (non-hydrogen) atoms. The molecule has 1 aromatic carbocycles. The number of nitrogens with zero attached hydrogens (tertiary/aromatic N) is 1. The van der Waals surface area contributed by atoms with Crippen LogP contribution in [0.3, 0.4) is 0 Å². The number of rotatable bonds is 1. The van der Waals surface area contributed by atoms with E-state index in [1.807, 2.05) is 0 Å². The van der Waals surface area contributed by atoms with Gasteiger partial charge in [-0.05, 0) is 103 Å². The highest BCUT2D eigenvalue weighted by Gasteiger charge is 2.66. The molecule has 2 saturated carbocycles. The molecule has 2 spiro atoms. The van der Waals surface area contributed by atoms with Gasteiger partial charge in [-0.15, -0.1) is 0 Å². The summed E-state index contributed by atoms with van der Waals surface area (Å²) in [7, 11) is 0. The van der Waals surface area contributed by atoms with Crippen molar-refractivity contribution in [2.24, 2.45) is 22.1 Å². The Morgan fingerprint density at radius 2 is 2.06 bits per heavy atom. The van der Waals surface area contributed by atoms with Crippen LogP contribution in [0.1, 0.15) is 93.7 Å². The standard InChI is InChI=1S/C29H36N2O/c1-18-16-31-17-20-13-19(3-6-24(18)20)25-7-8-26-27(25,2)10-9-22-14-21-4-5-23(30)15-28(21)11-12-29(22,26)32-28/h3,6,9,13-14,17-18,23,25-26H,4-5,7-8,10-12,15-16,30H2,1-2H3/t18-,23?,25?,26+,27-,28+,29+/m0/s1. The topological polar surface area (TPSA) is 47.6 Å². The lowest BCUT2D eigenvalue weighted by Gasteiger charge is -2.54. The van der Waals surface area contributed by atoms with Crippen LogP contribution in [0.4, 0.5) is 0 Å². The second-order valence-corrected chi connectivity index (χ2v) is 12.0. The number of hydrogen-bond acceptors (Lipinski definition) is 3. The van der Waals surface area contributed by atoms with Crippen LogP contribution in [0.25, 0.3) is 0 Å². The first kappa shape index (κ1) is 19.7. The van der Waals surface area contributed by atoms with Crippen molar-refractivity contribution < 1.29 is 4.74 Å². The Labute approximate surface area is 192 Å². The van der Waals surface area contributed by atoms with Crippen LogP contribution < -0.4 is 5.73 Å². The number of ether oxygens (including phenoxy) is 1. The molecule has 1 saturated heterocycles. The molecular weight excluding hydrogens is 392 g/mol.